The number of pyridine rings is 1. The molecule has 98 valence electrons. The largest absolute Gasteiger partial charge is 0.398 e. The van der Waals surface area contributed by atoms with Gasteiger partial charge in [0.1, 0.15) is 0 Å². The van der Waals surface area contributed by atoms with Crippen molar-refractivity contribution in [3.8, 4) is 0 Å². The highest BCUT2D eigenvalue weighted by molar-refractivity contribution is 8.00. The van der Waals surface area contributed by atoms with E-state index < -0.39 is 0 Å². The third-order valence-electron chi connectivity index (χ3n) is 3.24. The Morgan fingerprint density at radius 1 is 1.67 bits per heavy atom. The summed E-state index contributed by atoms with van der Waals surface area (Å²) < 4.78 is 0.169. The lowest BCUT2D eigenvalue weighted by Gasteiger charge is -2.23. The molecular formula is C13H19N3OS. The Bertz CT molecular complexity index is 456. The van der Waals surface area contributed by atoms with Crippen LogP contribution >= 0.6 is 11.8 Å². The van der Waals surface area contributed by atoms with Crippen LogP contribution in [0.4, 0.5) is 5.69 Å². The van der Waals surface area contributed by atoms with Gasteiger partial charge in [-0.3, -0.25) is 9.78 Å². The number of thioether (sulfide) groups is 1. The molecule has 0 radical (unpaired) electrons. The van der Waals surface area contributed by atoms with Crippen molar-refractivity contribution < 1.29 is 4.79 Å². The Labute approximate surface area is 112 Å². The first-order valence-corrected chi connectivity index (χ1v) is 7.13. The number of hydrogen-bond donors (Lipinski definition) is 2. The second-order valence-electron chi connectivity index (χ2n) is 5.00. The van der Waals surface area contributed by atoms with Crippen molar-refractivity contribution in [1.29, 1.82) is 0 Å². The van der Waals surface area contributed by atoms with Gasteiger partial charge in [0.2, 0.25) is 0 Å². The van der Waals surface area contributed by atoms with Crippen LogP contribution in [-0.2, 0) is 0 Å². The quantitative estimate of drug-likeness (QED) is 0.877. The van der Waals surface area contributed by atoms with E-state index in [0.717, 1.165) is 12.1 Å². The van der Waals surface area contributed by atoms with E-state index in [4.69, 9.17) is 5.73 Å². The molecule has 2 rings (SSSR count). The summed E-state index contributed by atoms with van der Waals surface area (Å²) in [6.45, 7) is 4.74. The summed E-state index contributed by atoms with van der Waals surface area (Å²) in [5.41, 5.74) is 7.61. The molecule has 3 N–H and O–H groups in total. The zero-order chi connectivity index (χ0) is 13.2. The topological polar surface area (TPSA) is 68.0 Å². The third kappa shape index (κ3) is 2.96. The number of nitrogens with one attached hydrogen (secondary N) is 1. The van der Waals surface area contributed by atoms with E-state index >= 15 is 0 Å². The Morgan fingerprint density at radius 2 is 2.44 bits per heavy atom. The maximum atomic E-state index is 12.0. The number of rotatable bonds is 3. The highest BCUT2D eigenvalue weighted by atomic mass is 32.2. The van der Waals surface area contributed by atoms with Crippen molar-refractivity contribution in [2.75, 3.05) is 18.0 Å². The predicted octanol–water partition coefficient (Wildman–Crippen LogP) is 1.99. The fourth-order valence-electron chi connectivity index (χ4n) is 2.11. The van der Waals surface area contributed by atoms with Gasteiger partial charge >= 0.3 is 0 Å². The minimum absolute atomic E-state index is 0.131. The van der Waals surface area contributed by atoms with Crippen LogP contribution < -0.4 is 11.1 Å². The molecule has 1 fully saturated rings. The van der Waals surface area contributed by atoms with E-state index in [0.29, 0.717) is 17.8 Å². The number of anilines is 1. The van der Waals surface area contributed by atoms with Gasteiger partial charge in [-0.1, -0.05) is 0 Å². The van der Waals surface area contributed by atoms with E-state index in [-0.39, 0.29) is 10.7 Å². The highest BCUT2D eigenvalue weighted by Crippen LogP contribution is 2.37. The molecule has 0 saturated carbocycles. The van der Waals surface area contributed by atoms with Crippen LogP contribution in [0.5, 0.6) is 0 Å². The van der Waals surface area contributed by atoms with Crippen LogP contribution in [0, 0.1) is 6.92 Å². The van der Waals surface area contributed by atoms with Gasteiger partial charge in [0, 0.05) is 28.9 Å². The number of nitrogens with zero attached hydrogens (tertiary/aromatic N) is 1. The number of carbonyl (C=O) groups is 1. The molecule has 1 aliphatic heterocycles. The highest BCUT2D eigenvalue weighted by Gasteiger charge is 2.30. The lowest BCUT2D eigenvalue weighted by Crippen LogP contribution is -2.37. The lowest BCUT2D eigenvalue weighted by molar-refractivity contribution is 0.0950. The van der Waals surface area contributed by atoms with E-state index in [9.17, 15) is 4.79 Å². The lowest BCUT2D eigenvalue weighted by atomic mass is 10.1. The summed E-state index contributed by atoms with van der Waals surface area (Å²) in [6, 6.07) is 1.72. The fourth-order valence-corrected chi connectivity index (χ4v) is 3.35. The molecule has 0 spiro atoms. The van der Waals surface area contributed by atoms with Crippen LogP contribution in [0.15, 0.2) is 12.3 Å². The van der Waals surface area contributed by atoms with E-state index in [1.54, 1.807) is 12.3 Å². The summed E-state index contributed by atoms with van der Waals surface area (Å²) in [4.78, 5) is 16.1. The van der Waals surface area contributed by atoms with Gasteiger partial charge in [-0.25, -0.2) is 0 Å². The van der Waals surface area contributed by atoms with Crippen molar-refractivity contribution in [1.82, 2.24) is 10.3 Å². The van der Waals surface area contributed by atoms with Crippen LogP contribution in [0.3, 0.4) is 0 Å². The monoisotopic (exact) mass is 265 g/mol. The van der Waals surface area contributed by atoms with Crippen molar-refractivity contribution in [2.45, 2.75) is 31.4 Å². The standard InChI is InChI=1S/C13H19N3OS/c1-9-6-11(14)10(7-15-9)12(17)16-8-13(2)4-3-5-18-13/h6-7H,3-5,8H2,1-2H3,(H2,14,15)(H,16,17). The Hall–Kier alpha value is -1.23. The minimum atomic E-state index is -0.131. The summed E-state index contributed by atoms with van der Waals surface area (Å²) in [7, 11) is 0. The van der Waals surface area contributed by atoms with Gasteiger partial charge < -0.3 is 11.1 Å². The molecule has 0 bridgehead atoms. The van der Waals surface area contributed by atoms with Gasteiger partial charge in [0.15, 0.2) is 0 Å². The maximum Gasteiger partial charge on any atom is 0.254 e. The zero-order valence-corrected chi connectivity index (χ0v) is 11.6. The first-order valence-electron chi connectivity index (χ1n) is 6.14. The minimum Gasteiger partial charge on any atom is -0.398 e. The Balaban J connectivity index is 1.99. The van der Waals surface area contributed by atoms with Gasteiger partial charge in [-0.05, 0) is 38.5 Å². The normalized spacial score (nSPS) is 23.0. The number of aryl methyl sites for hydroxylation is 1. The number of aromatic nitrogens is 1. The molecular weight excluding hydrogens is 246 g/mol. The van der Waals surface area contributed by atoms with Crippen LogP contribution in [-0.4, -0.2) is 27.9 Å². The molecule has 0 aliphatic carbocycles. The number of hydrogen-bond acceptors (Lipinski definition) is 4. The fraction of sp³-hybridized carbons (Fsp3) is 0.538. The zero-order valence-electron chi connectivity index (χ0n) is 10.8. The molecule has 5 heteroatoms. The number of nitrogen functional groups attached to an aromatic ring is 1. The second kappa shape index (κ2) is 5.18. The summed E-state index contributed by atoms with van der Waals surface area (Å²) in [6.07, 6.45) is 3.93. The maximum absolute atomic E-state index is 12.0. The van der Waals surface area contributed by atoms with Crippen molar-refractivity contribution in [3.05, 3.63) is 23.5 Å². The predicted molar refractivity (Wildman–Crippen MR) is 75.8 cm³/mol. The summed E-state index contributed by atoms with van der Waals surface area (Å²) >= 11 is 1.93. The number of carbonyl (C=O) groups excluding carboxylic acids is 1. The van der Waals surface area contributed by atoms with Crippen molar-refractivity contribution in [2.24, 2.45) is 0 Å². The summed E-state index contributed by atoms with van der Waals surface area (Å²) in [5, 5.41) is 2.96. The molecule has 18 heavy (non-hydrogen) atoms. The molecule has 1 aromatic rings. The molecule has 1 aromatic heterocycles. The first-order chi connectivity index (χ1) is 8.50. The third-order valence-corrected chi connectivity index (χ3v) is 4.78. The first kappa shape index (κ1) is 13.2. The molecule has 0 aromatic carbocycles. The molecule has 1 unspecified atom stereocenters. The molecule has 2 heterocycles. The van der Waals surface area contributed by atoms with Crippen LogP contribution in [0.1, 0.15) is 35.8 Å². The molecule has 1 aliphatic rings. The SMILES string of the molecule is Cc1cc(N)c(C(=O)NCC2(C)CCCS2)cn1. The molecule has 1 atom stereocenters. The van der Waals surface area contributed by atoms with Gasteiger partial charge in [0.25, 0.3) is 5.91 Å². The van der Waals surface area contributed by atoms with Crippen molar-refractivity contribution in [3.63, 3.8) is 0 Å². The van der Waals surface area contributed by atoms with Gasteiger partial charge in [0.05, 0.1) is 5.56 Å². The summed E-state index contributed by atoms with van der Waals surface area (Å²) in [5.74, 6) is 1.05. The average Bonchev–Trinajstić information content (AvgIpc) is 2.74. The van der Waals surface area contributed by atoms with Crippen LogP contribution in [0.25, 0.3) is 0 Å². The number of amides is 1. The van der Waals surface area contributed by atoms with E-state index in [1.165, 1.54) is 12.2 Å². The smallest absolute Gasteiger partial charge is 0.254 e. The van der Waals surface area contributed by atoms with Crippen LogP contribution in [0.2, 0.25) is 0 Å². The van der Waals surface area contributed by atoms with Gasteiger partial charge in [-0.15, -0.1) is 0 Å². The van der Waals surface area contributed by atoms with E-state index in [2.05, 4.69) is 17.2 Å². The van der Waals surface area contributed by atoms with E-state index in [1.807, 2.05) is 18.7 Å². The molecule has 1 amide bonds. The molecule has 4 nitrogen and oxygen atoms in total. The number of nitrogens with two attached hydrogens (primary N) is 1. The van der Waals surface area contributed by atoms with Crippen molar-refractivity contribution >= 4 is 23.4 Å². The van der Waals surface area contributed by atoms with Gasteiger partial charge in [-0.2, -0.15) is 11.8 Å². The average molecular weight is 265 g/mol. The second-order valence-corrected chi connectivity index (χ2v) is 6.68. The Kier molecular flexibility index (Phi) is 3.80. The Morgan fingerprint density at radius 3 is 3.06 bits per heavy atom. The molecule has 1 saturated heterocycles.